The molecule has 14 heavy (non-hydrogen) atoms. The fraction of sp³-hybridized carbons (Fsp3) is 0.300. The summed E-state index contributed by atoms with van der Waals surface area (Å²) in [7, 11) is 1.82. The van der Waals surface area contributed by atoms with E-state index in [0.717, 1.165) is 15.7 Å². The molecule has 0 radical (unpaired) electrons. The van der Waals surface area contributed by atoms with Crippen LogP contribution in [0.25, 0.3) is 0 Å². The van der Waals surface area contributed by atoms with E-state index in [-0.39, 0.29) is 11.2 Å². The Bertz CT molecular complexity index is 394. The van der Waals surface area contributed by atoms with Gasteiger partial charge in [-0.2, -0.15) is 0 Å². The zero-order chi connectivity index (χ0) is 10.3. The van der Waals surface area contributed by atoms with Crippen LogP contribution in [0.2, 0.25) is 0 Å². The van der Waals surface area contributed by atoms with Crippen LogP contribution in [0.4, 0.5) is 5.69 Å². The number of hydrogen-bond donors (Lipinski definition) is 0. The van der Waals surface area contributed by atoms with Crippen LogP contribution < -0.4 is 4.90 Å². The van der Waals surface area contributed by atoms with Gasteiger partial charge in [0.25, 0.3) is 0 Å². The first-order valence-corrected chi connectivity index (χ1v) is 6.33. The van der Waals surface area contributed by atoms with Crippen LogP contribution in [0, 0.1) is 0 Å². The highest BCUT2D eigenvalue weighted by molar-refractivity contribution is 9.10. The van der Waals surface area contributed by atoms with Gasteiger partial charge in [0.15, 0.2) is 0 Å². The van der Waals surface area contributed by atoms with E-state index in [1.165, 1.54) is 0 Å². The largest absolute Gasteiger partial charge is 0.314 e. The quantitative estimate of drug-likeness (QED) is 0.783. The van der Waals surface area contributed by atoms with Crippen molar-refractivity contribution < 1.29 is 4.79 Å². The topological polar surface area (TPSA) is 20.3 Å². The van der Waals surface area contributed by atoms with Crippen molar-refractivity contribution >= 4 is 39.3 Å². The van der Waals surface area contributed by atoms with Crippen LogP contribution >= 0.6 is 27.7 Å². The van der Waals surface area contributed by atoms with Crippen molar-refractivity contribution in [1.82, 2.24) is 0 Å². The molecule has 0 saturated heterocycles. The summed E-state index contributed by atoms with van der Waals surface area (Å²) >= 11 is 5.01. The molecule has 0 N–H and O–H groups in total. The summed E-state index contributed by atoms with van der Waals surface area (Å²) in [5.74, 6) is 0.172. The number of benzene rings is 1. The summed E-state index contributed by atoms with van der Waals surface area (Å²) < 4.78 is 1.03. The fourth-order valence-corrected chi connectivity index (χ4v) is 2.88. The third kappa shape index (κ3) is 1.37. The van der Waals surface area contributed by atoms with Crippen molar-refractivity contribution in [2.45, 2.75) is 5.25 Å². The van der Waals surface area contributed by atoms with Crippen LogP contribution in [0.15, 0.2) is 22.7 Å². The van der Waals surface area contributed by atoms with Gasteiger partial charge in [-0.05, 0) is 30.0 Å². The summed E-state index contributed by atoms with van der Waals surface area (Å²) in [6.45, 7) is 0. The van der Waals surface area contributed by atoms with Crippen molar-refractivity contribution in [3.63, 3.8) is 0 Å². The Morgan fingerprint density at radius 1 is 1.50 bits per heavy atom. The minimum Gasteiger partial charge on any atom is -0.314 e. The highest BCUT2D eigenvalue weighted by atomic mass is 79.9. The first kappa shape index (κ1) is 10.1. The van der Waals surface area contributed by atoms with Crippen molar-refractivity contribution in [3.8, 4) is 0 Å². The van der Waals surface area contributed by atoms with Crippen LogP contribution in [0.3, 0.4) is 0 Å². The van der Waals surface area contributed by atoms with E-state index in [1.54, 1.807) is 16.7 Å². The normalized spacial score (nSPS) is 20.1. The van der Waals surface area contributed by atoms with Gasteiger partial charge in [-0.1, -0.05) is 15.9 Å². The monoisotopic (exact) mass is 271 g/mol. The molecule has 0 aliphatic carbocycles. The Kier molecular flexibility index (Phi) is 2.58. The number of likely N-dealkylation sites (N-methyl/N-ethyl adjacent to an activating group) is 1. The highest BCUT2D eigenvalue weighted by Gasteiger charge is 2.34. The van der Waals surface area contributed by atoms with E-state index < -0.39 is 0 Å². The maximum Gasteiger partial charge on any atom is 0.244 e. The molecule has 0 spiro atoms. The van der Waals surface area contributed by atoms with Gasteiger partial charge in [0.1, 0.15) is 5.25 Å². The lowest BCUT2D eigenvalue weighted by atomic mass is 10.1. The number of hydrogen-bond acceptors (Lipinski definition) is 2. The molecule has 2 nitrogen and oxygen atoms in total. The summed E-state index contributed by atoms with van der Waals surface area (Å²) in [6.07, 6.45) is 1.96. The number of thioether (sulfide) groups is 1. The van der Waals surface area contributed by atoms with Crippen LogP contribution in [0.1, 0.15) is 10.8 Å². The van der Waals surface area contributed by atoms with Crippen LogP contribution in [-0.2, 0) is 4.79 Å². The standard InChI is InChI=1S/C10H10BrNOS/c1-12-8-4-3-6(11)5-7(8)9(14-2)10(12)13/h3-5,9H,1-2H3. The molecular formula is C10H10BrNOS. The molecule has 4 heteroatoms. The van der Waals surface area contributed by atoms with E-state index >= 15 is 0 Å². The average molecular weight is 272 g/mol. The molecule has 1 aromatic rings. The Balaban J connectivity index is 2.56. The maximum absolute atomic E-state index is 11.8. The second kappa shape index (κ2) is 3.59. The lowest BCUT2D eigenvalue weighted by Crippen LogP contribution is -2.22. The average Bonchev–Trinajstić information content (AvgIpc) is 2.39. The maximum atomic E-state index is 11.8. The van der Waals surface area contributed by atoms with Gasteiger partial charge in [0, 0.05) is 17.2 Å². The second-order valence-electron chi connectivity index (χ2n) is 3.22. The van der Waals surface area contributed by atoms with E-state index in [2.05, 4.69) is 15.9 Å². The van der Waals surface area contributed by atoms with E-state index in [1.807, 2.05) is 31.5 Å². The first-order valence-electron chi connectivity index (χ1n) is 4.25. The second-order valence-corrected chi connectivity index (χ2v) is 5.07. The molecule has 1 aromatic carbocycles. The van der Waals surface area contributed by atoms with Gasteiger partial charge < -0.3 is 4.90 Å². The number of carbonyl (C=O) groups excluding carboxylic acids is 1. The number of nitrogens with zero attached hydrogens (tertiary/aromatic N) is 1. The molecule has 0 saturated carbocycles. The minimum absolute atomic E-state index is 0.0347. The van der Waals surface area contributed by atoms with Gasteiger partial charge >= 0.3 is 0 Å². The minimum atomic E-state index is -0.0347. The summed E-state index contributed by atoms with van der Waals surface area (Å²) in [6, 6.07) is 5.97. The van der Waals surface area contributed by atoms with Gasteiger partial charge in [-0.25, -0.2) is 0 Å². The van der Waals surface area contributed by atoms with Crippen molar-refractivity contribution in [1.29, 1.82) is 0 Å². The van der Waals surface area contributed by atoms with Crippen LogP contribution in [-0.4, -0.2) is 19.2 Å². The number of rotatable bonds is 1. The van der Waals surface area contributed by atoms with Gasteiger partial charge in [0.2, 0.25) is 5.91 Å². The molecule has 1 unspecified atom stereocenters. The Morgan fingerprint density at radius 3 is 2.86 bits per heavy atom. The number of fused-ring (bicyclic) bond motifs is 1. The molecule has 0 bridgehead atoms. The predicted molar refractivity (Wildman–Crippen MR) is 63.8 cm³/mol. The predicted octanol–water partition coefficient (Wildman–Crippen LogP) is 2.83. The molecule has 74 valence electrons. The Morgan fingerprint density at radius 2 is 2.21 bits per heavy atom. The molecule has 0 fully saturated rings. The van der Waals surface area contributed by atoms with Gasteiger partial charge in [0.05, 0.1) is 0 Å². The summed E-state index contributed by atoms with van der Waals surface area (Å²) in [5, 5.41) is -0.0347. The molecule has 1 heterocycles. The summed E-state index contributed by atoms with van der Waals surface area (Å²) in [5.41, 5.74) is 2.14. The van der Waals surface area contributed by atoms with Crippen molar-refractivity contribution in [2.75, 3.05) is 18.2 Å². The van der Waals surface area contributed by atoms with E-state index in [0.29, 0.717) is 0 Å². The van der Waals surface area contributed by atoms with Crippen molar-refractivity contribution in [3.05, 3.63) is 28.2 Å². The molecule has 0 aromatic heterocycles. The van der Waals surface area contributed by atoms with Gasteiger partial charge in [-0.3, -0.25) is 4.79 Å². The Labute approximate surface area is 95.8 Å². The smallest absolute Gasteiger partial charge is 0.244 e. The molecule has 1 atom stereocenters. The molecule has 1 aliphatic heterocycles. The highest BCUT2D eigenvalue weighted by Crippen LogP contribution is 2.42. The first-order chi connectivity index (χ1) is 6.65. The number of carbonyl (C=O) groups is 1. The number of anilines is 1. The lowest BCUT2D eigenvalue weighted by molar-refractivity contribution is -0.117. The van der Waals surface area contributed by atoms with Crippen molar-refractivity contribution in [2.24, 2.45) is 0 Å². The third-order valence-electron chi connectivity index (χ3n) is 2.42. The lowest BCUT2D eigenvalue weighted by Gasteiger charge is -2.09. The third-order valence-corrected chi connectivity index (χ3v) is 3.84. The molecule has 1 aliphatic rings. The molecule has 1 amide bonds. The Hall–Kier alpha value is -0.480. The van der Waals surface area contributed by atoms with E-state index in [4.69, 9.17) is 0 Å². The summed E-state index contributed by atoms with van der Waals surface area (Å²) in [4.78, 5) is 13.5. The molecule has 2 rings (SSSR count). The number of halogens is 1. The zero-order valence-electron chi connectivity index (χ0n) is 7.95. The van der Waals surface area contributed by atoms with Gasteiger partial charge in [-0.15, -0.1) is 11.8 Å². The van der Waals surface area contributed by atoms with E-state index in [9.17, 15) is 4.79 Å². The fourth-order valence-electron chi connectivity index (χ4n) is 1.70. The SMILES string of the molecule is CSC1C(=O)N(C)c2ccc(Br)cc21. The van der Waals surface area contributed by atoms with Crippen LogP contribution in [0.5, 0.6) is 0 Å². The molecular weight excluding hydrogens is 262 g/mol. The zero-order valence-corrected chi connectivity index (χ0v) is 10.4. The number of amides is 1.